The Kier molecular flexibility index (Phi) is 13.6. The average molecular weight is 517 g/mol. The molecule has 6 nitrogen and oxygen atoms in total. The molecule has 0 bridgehead atoms. The second kappa shape index (κ2) is 13.7. The quantitative estimate of drug-likeness (QED) is 0.190. The van der Waals surface area contributed by atoms with Crippen molar-refractivity contribution < 1.29 is 19.3 Å². The molecule has 0 heterocycles. The van der Waals surface area contributed by atoms with Crippen LogP contribution in [-0.4, -0.2) is 53.5 Å². The Balaban J connectivity index is 5.87. The summed E-state index contributed by atoms with van der Waals surface area (Å²) in [4.78, 5) is 0. The van der Waals surface area contributed by atoms with E-state index in [1.807, 2.05) is 6.92 Å². The Bertz CT molecular complexity index is 581. The van der Waals surface area contributed by atoms with Gasteiger partial charge in [0.25, 0.3) is 0 Å². The van der Waals surface area contributed by atoms with Gasteiger partial charge in [-0.25, -0.2) is 0 Å². The molecule has 0 aliphatic rings. The molecule has 0 aromatic heterocycles. The zero-order valence-corrected chi connectivity index (χ0v) is 26.5. The SMILES string of the molecule is CCC(CC(C)(C)OCC(C)C(C)(C)N)(CC(C)(C)OCC(C)C(C)(N)O)C(C)OCC(C)C(C)C. The summed E-state index contributed by atoms with van der Waals surface area (Å²) in [5.74, 6) is 1.10. The van der Waals surface area contributed by atoms with Gasteiger partial charge in [-0.2, -0.15) is 0 Å². The van der Waals surface area contributed by atoms with Gasteiger partial charge in [0.15, 0.2) is 0 Å². The fourth-order valence-electron chi connectivity index (χ4n) is 4.44. The van der Waals surface area contributed by atoms with Crippen molar-refractivity contribution >= 4 is 0 Å². The molecule has 218 valence electrons. The second-order valence-electron chi connectivity index (χ2n) is 14.3. The van der Waals surface area contributed by atoms with Gasteiger partial charge in [0.2, 0.25) is 0 Å². The molecule has 0 spiro atoms. The maximum atomic E-state index is 10.2. The summed E-state index contributed by atoms with van der Waals surface area (Å²) in [6, 6.07) is 0. The molecule has 0 aromatic rings. The van der Waals surface area contributed by atoms with Gasteiger partial charge < -0.3 is 30.8 Å². The molecule has 0 aliphatic carbocycles. The van der Waals surface area contributed by atoms with E-state index in [2.05, 4.69) is 83.1 Å². The molecule has 6 unspecified atom stereocenters. The predicted molar refractivity (Wildman–Crippen MR) is 153 cm³/mol. The second-order valence-corrected chi connectivity index (χ2v) is 14.3. The van der Waals surface area contributed by atoms with Gasteiger partial charge in [-0.3, -0.25) is 0 Å². The van der Waals surface area contributed by atoms with Crippen molar-refractivity contribution in [2.75, 3.05) is 19.8 Å². The molecule has 0 rings (SSSR count). The molecular formula is C30H64N2O4. The third kappa shape index (κ3) is 12.5. The summed E-state index contributed by atoms with van der Waals surface area (Å²) in [6.07, 6.45) is 2.60. The fraction of sp³-hybridized carbons (Fsp3) is 1.00. The van der Waals surface area contributed by atoms with Gasteiger partial charge in [-0.15, -0.1) is 0 Å². The highest BCUT2D eigenvalue weighted by Gasteiger charge is 2.45. The van der Waals surface area contributed by atoms with Gasteiger partial charge in [-0.1, -0.05) is 41.5 Å². The van der Waals surface area contributed by atoms with Crippen molar-refractivity contribution in [2.45, 2.75) is 145 Å². The standard InChI is InChI=1S/C30H64N2O4/c1-15-30(25(7)34-16-22(4)21(2)3,19-26(8,9)35-17-23(5)28(12,13)31)20-27(10,11)36-18-24(6)29(14,32)33/h21-25,33H,15-20,31-32H2,1-14H3. The topological polar surface area (TPSA) is 100.0 Å². The first-order valence-electron chi connectivity index (χ1n) is 14.2. The molecule has 0 saturated heterocycles. The van der Waals surface area contributed by atoms with Crippen LogP contribution in [0, 0.1) is 29.1 Å². The van der Waals surface area contributed by atoms with Crippen LogP contribution in [0.5, 0.6) is 0 Å². The van der Waals surface area contributed by atoms with Crippen LogP contribution < -0.4 is 11.5 Å². The Hall–Kier alpha value is -0.240. The summed E-state index contributed by atoms with van der Waals surface area (Å²) >= 11 is 0. The number of rotatable bonds is 18. The van der Waals surface area contributed by atoms with Crippen molar-refractivity contribution in [1.82, 2.24) is 0 Å². The number of nitrogens with two attached hydrogens (primary N) is 2. The summed E-state index contributed by atoms with van der Waals surface area (Å²) in [6.45, 7) is 31.3. The molecule has 6 heteroatoms. The van der Waals surface area contributed by atoms with E-state index in [1.165, 1.54) is 0 Å². The highest BCUT2D eigenvalue weighted by atomic mass is 16.5. The summed E-state index contributed by atoms with van der Waals surface area (Å²) < 4.78 is 19.5. The van der Waals surface area contributed by atoms with Gasteiger partial charge in [0.1, 0.15) is 5.72 Å². The first-order valence-corrected chi connectivity index (χ1v) is 14.2. The molecule has 0 aliphatic heterocycles. The Morgan fingerprint density at radius 1 is 0.694 bits per heavy atom. The number of hydrogen-bond acceptors (Lipinski definition) is 6. The molecule has 0 amide bonds. The van der Waals surface area contributed by atoms with Crippen LogP contribution in [0.3, 0.4) is 0 Å². The molecule has 0 radical (unpaired) electrons. The highest BCUT2D eigenvalue weighted by Crippen LogP contribution is 2.46. The van der Waals surface area contributed by atoms with Crippen LogP contribution in [0.25, 0.3) is 0 Å². The minimum Gasteiger partial charge on any atom is -0.378 e. The predicted octanol–water partition coefficient (Wildman–Crippen LogP) is 6.13. The zero-order chi connectivity index (χ0) is 28.8. The Morgan fingerprint density at radius 2 is 1.11 bits per heavy atom. The van der Waals surface area contributed by atoms with E-state index in [4.69, 9.17) is 25.7 Å². The maximum Gasteiger partial charge on any atom is 0.115 e. The first kappa shape index (κ1) is 35.8. The summed E-state index contributed by atoms with van der Waals surface area (Å²) in [5.41, 5.74) is 9.71. The zero-order valence-electron chi connectivity index (χ0n) is 26.5. The van der Waals surface area contributed by atoms with Crippen LogP contribution in [0.15, 0.2) is 0 Å². The van der Waals surface area contributed by atoms with Crippen molar-refractivity contribution in [3.63, 3.8) is 0 Å². The largest absolute Gasteiger partial charge is 0.378 e. The molecule has 6 atom stereocenters. The lowest BCUT2D eigenvalue weighted by Gasteiger charge is -2.48. The molecule has 0 fully saturated rings. The normalized spacial score (nSPS) is 20.5. The summed E-state index contributed by atoms with van der Waals surface area (Å²) in [5, 5.41) is 10.2. The van der Waals surface area contributed by atoms with Crippen molar-refractivity contribution in [1.29, 1.82) is 0 Å². The van der Waals surface area contributed by atoms with Gasteiger partial charge in [-0.05, 0) is 92.4 Å². The maximum absolute atomic E-state index is 10.2. The average Bonchev–Trinajstić information content (AvgIpc) is 2.71. The van der Waals surface area contributed by atoms with Gasteiger partial charge >= 0.3 is 0 Å². The minimum atomic E-state index is -1.27. The third-order valence-electron chi connectivity index (χ3n) is 8.59. The molecule has 5 N–H and O–H groups in total. The van der Waals surface area contributed by atoms with Crippen LogP contribution in [0.1, 0.15) is 116 Å². The van der Waals surface area contributed by atoms with Crippen LogP contribution in [-0.2, 0) is 14.2 Å². The van der Waals surface area contributed by atoms with Crippen molar-refractivity contribution in [3.05, 3.63) is 0 Å². The highest BCUT2D eigenvalue weighted by molar-refractivity contribution is 4.95. The van der Waals surface area contributed by atoms with E-state index in [1.54, 1.807) is 6.92 Å². The lowest BCUT2D eigenvalue weighted by Crippen LogP contribution is -2.49. The number of aliphatic hydroxyl groups is 1. The van der Waals surface area contributed by atoms with Crippen molar-refractivity contribution in [3.8, 4) is 0 Å². The Labute approximate surface area is 224 Å². The van der Waals surface area contributed by atoms with E-state index >= 15 is 0 Å². The van der Waals surface area contributed by atoms with Crippen LogP contribution in [0.2, 0.25) is 0 Å². The van der Waals surface area contributed by atoms with Crippen molar-refractivity contribution in [2.24, 2.45) is 40.6 Å². The number of ether oxygens (including phenoxy) is 3. The molecule has 0 saturated carbocycles. The van der Waals surface area contributed by atoms with E-state index in [0.29, 0.717) is 25.0 Å². The lowest BCUT2D eigenvalue weighted by atomic mass is 9.66. The van der Waals surface area contributed by atoms with Gasteiger partial charge in [0, 0.05) is 23.5 Å². The van der Waals surface area contributed by atoms with Crippen LogP contribution >= 0.6 is 0 Å². The van der Waals surface area contributed by atoms with E-state index in [-0.39, 0.29) is 34.5 Å². The van der Waals surface area contributed by atoms with Crippen LogP contribution in [0.4, 0.5) is 0 Å². The molecular weight excluding hydrogens is 452 g/mol. The van der Waals surface area contributed by atoms with E-state index in [0.717, 1.165) is 25.9 Å². The van der Waals surface area contributed by atoms with E-state index in [9.17, 15) is 5.11 Å². The smallest absolute Gasteiger partial charge is 0.115 e. The Morgan fingerprint density at radius 3 is 1.44 bits per heavy atom. The number of hydrogen-bond donors (Lipinski definition) is 3. The van der Waals surface area contributed by atoms with Gasteiger partial charge in [0.05, 0.1) is 30.5 Å². The monoisotopic (exact) mass is 516 g/mol. The lowest BCUT2D eigenvalue weighted by molar-refractivity contribution is -0.150. The first-order chi connectivity index (χ1) is 16.0. The van der Waals surface area contributed by atoms with E-state index < -0.39 is 11.3 Å². The molecule has 36 heavy (non-hydrogen) atoms. The fourth-order valence-corrected chi connectivity index (χ4v) is 4.44. The third-order valence-corrected chi connectivity index (χ3v) is 8.59. The minimum absolute atomic E-state index is 0.0212. The summed E-state index contributed by atoms with van der Waals surface area (Å²) in [7, 11) is 0. The molecule has 0 aromatic carbocycles.